The van der Waals surface area contributed by atoms with Crippen molar-refractivity contribution in [1.82, 2.24) is 10.2 Å². The first-order chi connectivity index (χ1) is 11.1. The minimum Gasteiger partial charge on any atom is -0.352 e. The molecule has 1 heterocycles. The van der Waals surface area contributed by atoms with Crippen molar-refractivity contribution in [2.45, 2.75) is 37.0 Å². The van der Waals surface area contributed by atoms with Crippen LogP contribution in [-0.2, 0) is 4.79 Å². The molecule has 1 aromatic carbocycles. The molecule has 6 heteroatoms. The molecule has 1 N–H and O–H groups in total. The van der Waals surface area contributed by atoms with E-state index in [-0.39, 0.29) is 11.8 Å². The lowest BCUT2D eigenvalue weighted by Crippen LogP contribution is -2.34. The molecule has 0 radical (unpaired) electrons. The van der Waals surface area contributed by atoms with Crippen molar-refractivity contribution in [3.63, 3.8) is 0 Å². The van der Waals surface area contributed by atoms with Crippen LogP contribution in [0.25, 0.3) is 0 Å². The highest BCUT2D eigenvalue weighted by molar-refractivity contribution is 7.98. The van der Waals surface area contributed by atoms with E-state index in [1.165, 1.54) is 0 Å². The zero-order valence-electron chi connectivity index (χ0n) is 13.4. The summed E-state index contributed by atoms with van der Waals surface area (Å²) in [6.07, 6.45) is 6.58. The molecular weight excluding hydrogens is 332 g/mol. The highest BCUT2D eigenvalue weighted by atomic mass is 35.5. The van der Waals surface area contributed by atoms with Gasteiger partial charge in [-0.1, -0.05) is 18.0 Å². The molecule has 1 saturated heterocycles. The predicted octanol–water partition coefficient (Wildman–Crippen LogP) is 3.58. The molecule has 0 aliphatic carbocycles. The summed E-state index contributed by atoms with van der Waals surface area (Å²) in [6.45, 7) is 2.09. The van der Waals surface area contributed by atoms with E-state index in [0.29, 0.717) is 30.1 Å². The monoisotopic (exact) mass is 354 g/mol. The van der Waals surface area contributed by atoms with Crippen LogP contribution in [0, 0.1) is 0 Å². The summed E-state index contributed by atoms with van der Waals surface area (Å²) in [5, 5.41) is 3.35. The van der Waals surface area contributed by atoms with Crippen molar-refractivity contribution >= 4 is 35.2 Å². The first-order valence-electron chi connectivity index (χ1n) is 8.01. The fraction of sp³-hybridized carbons (Fsp3) is 0.529. The van der Waals surface area contributed by atoms with Crippen LogP contribution in [0.4, 0.5) is 0 Å². The Labute approximate surface area is 146 Å². The molecule has 0 bridgehead atoms. The van der Waals surface area contributed by atoms with Gasteiger partial charge in [0.1, 0.15) is 0 Å². The molecule has 2 amide bonds. The first kappa shape index (κ1) is 18.1. The lowest BCUT2D eigenvalue weighted by molar-refractivity contribution is -0.130. The molecule has 126 valence electrons. The number of amides is 2. The van der Waals surface area contributed by atoms with Crippen molar-refractivity contribution in [3.8, 4) is 0 Å². The Kier molecular flexibility index (Phi) is 7.24. The fourth-order valence-corrected chi connectivity index (χ4v) is 3.29. The summed E-state index contributed by atoms with van der Waals surface area (Å²) in [4.78, 5) is 27.0. The van der Waals surface area contributed by atoms with Gasteiger partial charge in [-0.25, -0.2) is 0 Å². The van der Waals surface area contributed by atoms with Gasteiger partial charge in [0.15, 0.2) is 0 Å². The van der Waals surface area contributed by atoms with E-state index in [2.05, 4.69) is 5.32 Å². The predicted molar refractivity (Wildman–Crippen MR) is 95.2 cm³/mol. The van der Waals surface area contributed by atoms with Crippen LogP contribution in [0.5, 0.6) is 0 Å². The number of likely N-dealkylation sites (tertiary alicyclic amines) is 1. The maximum absolute atomic E-state index is 12.2. The number of hydrogen-bond donors (Lipinski definition) is 1. The molecular formula is C17H23ClN2O2S. The highest BCUT2D eigenvalue weighted by Crippen LogP contribution is 2.22. The molecule has 23 heavy (non-hydrogen) atoms. The maximum Gasteiger partial charge on any atom is 0.252 e. The number of nitrogens with one attached hydrogen (secondary N) is 1. The molecule has 0 atom stereocenters. The second kappa shape index (κ2) is 9.18. The second-order valence-electron chi connectivity index (χ2n) is 5.65. The number of hydrogen-bond acceptors (Lipinski definition) is 3. The summed E-state index contributed by atoms with van der Waals surface area (Å²) in [7, 11) is 0. The first-order valence-corrected chi connectivity index (χ1v) is 9.61. The summed E-state index contributed by atoms with van der Waals surface area (Å²) < 4.78 is 0. The van der Waals surface area contributed by atoms with Gasteiger partial charge in [0, 0.05) is 31.0 Å². The van der Waals surface area contributed by atoms with E-state index in [1.807, 2.05) is 17.2 Å². The normalized spacial score (nSPS) is 15.4. The van der Waals surface area contributed by atoms with Crippen molar-refractivity contribution < 1.29 is 9.59 Å². The average molecular weight is 355 g/mol. The molecule has 0 spiro atoms. The third-order valence-electron chi connectivity index (χ3n) is 3.98. The fourth-order valence-electron chi connectivity index (χ4n) is 2.65. The number of nitrogens with zero attached hydrogens (tertiary/aromatic N) is 1. The number of halogens is 1. The third-order valence-corrected chi connectivity index (χ3v) is 5.03. The molecule has 4 nitrogen and oxygen atoms in total. The number of carbonyl (C=O) groups is 2. The Morgan fingerprint density at radius 3 is 2.96 bits per heavy atom. The van der Waals surface area contributed by atoms with E-state index in [4.69, 9.17) is 11.6 Å². The van der Waals surface area contributed by atoms with Crippen LogP contribution in [0.15, 0.2) is 23.1 Å². The molecule has 0 saturated carbocycles. The van der Waals surface area contributed by atoms with Crippen molar-refractivity contribution in [2.75, 3.05) is 25.9 Å². The Balaban J connectivity index is 1.79. The Morgan fingerprint density at radius 2 is 2.17 bits per heavy atom. The summed E-state index contributed by atoms with van der Waals surface area (Å²) in [5.74, 6) is 0.0811. The quantitative estimate of drug-likeness (QED) is 0.627. The zero-order valence-corrected chi connectivity index (χ0v) is 15.0. The molecule has 0 unspecified atom stereocenters. The number of benzene rings is 1. The molecule has 1 aliphatic rings. The number of thioether (sulfide) groups is 1. The van der Waals surface area contributed by atoms with Crippen LogP contribution in [0.3, 0.4) is 0 Å². The standard InChI is InChI=1S/C17H23ClN2O2S/c1-23-13-7-8-15(18)14(12-13)17(22)19-9-5-11-20-10-4-2-3-6-16(20)21/h7-8,12H,2-6,9-11H2,1H3,(H,19,22). The zero-order chi connectivity index (χ0) is 16.7. The van der Waals surface area contributed by atoms with E-state index in [1.54, 1.807) is 23.9 Å². The van der Waals surface area contributed by atoms with Crippen molar-refractivity contribution in [3.05, 3.63) is 28.8 Å². The smallest absolute Gasteiger partial charge is 0.252 e. The minimum atomic E-state index is -0.159. The molecule has 1 fully saturated rings. The third kappa shape index (κ3) is 5.43. The molecule has 0 aromatic heterocycles. The van der Waals surface area contributed by atoms with Crippen LogP contribution in [0.1, 0.15) is 42.5 Å². The molecule has 1 aromatic rings. The Bertz CT molecular complexity index is 566. The second-order valence-corrected chi connectivity index (χ2v) is 6.93. The van der Waals surface area contributed by atoms with Crippen LogP contribution >= 0.6 is 23.4 Å². The van der Waals surface area contributed by atoms with Gasteiger partial charge in [-0.15, -0.1) is 11.8 Å². The minimum absolute atomic E-state index is 0.159. The highest BCUT2D eigenvalue weighted by Gasteiger charge is 2.16. The van der Waals surface area contributed by atoms with Crippen LogP contribution < -0.4 is 5.32 Å². The van der Waals surface area contributed by atoms with Crippen LogP contribution in [0.2, 0.25) is 5.02 Å². The van der Waals surface area contributed by atoms with E-state index in [0.717, 1.165) is 37.1 Å². The van der Waals surface area contributed by atoms with Crippen molar-refractivity contribution in [2.24, 2.45) is 0 Å². The molecule has 1 aliphatic heterocycles. The van der Waals surface area contributed by atoms with Gasteiger partial charge in [0.25, 0.3) is 5.91 Å². The van der Waals surface area contributed by atoms with E-state index >= 15 is 0 Å². The van der Waals surface area contributed by atoms with Crippen molar-refractivity contribution in [1.29, 1.82) is 0 Å². The van der Waals surface area contributed by atoms with Gasteiger partial charge in [-0.05, 0) is 43.7 Å². The molecule has 2 rings (SSSR count). The van der Waals surface area contributed by atoms with Gasteiger partial charge < -0.3 is 10.2 Å². The van der Waals surface area contributed by atoms with E-state index in [9.17, 15) is 9.59 Å². The van der Waals surface area contributed by atoms with Gasteiger partial charge in [-0.3, -0.25) is 9.59 Å². The summed E-state index contributed by atoms with van der Waals surface area (Å²) >= 11 is 7.67. The van der Waals surface area contributed by atoms with Gasteiger partial charge in [0.05, 0.1) is 10.6 Å². The van der Waals surface area contributed by atoms with Gasteiger partial charge in [0.2, 0.25) is 5.91 Å². The summed E-state index contributed by atoms with van der Waals surface area (Å²) in [6, 6.07) is 5.45. The summed E-state index contributed by atoms with van der Waals surface area (Å²) in [5.41, 5.74) is 0.504. The number of rotatable bonds is 6. The topological polar surface area (TPSA) is 49.4 Å². The SMILES string of the molecule is CSc1ccc(Cl)c(C(=O)NCCCN2CCCCCC2=O)c1. The lowest BCUT2D eigenvalue weighted by Gasteiger charge is -2.20. The lowest BCUT2D eigenvalue weighted by atomic mass is 10.2. The number of carbonyl (C=O) groups excluding carboxylic acids is 2. The van der Waals surface area contributed by atoms with Gasteiger partial charge >= 0.3 is 0 Å². The average Bonchev–Trinajstić information content (AvgIpc) is 2.76. The Morgan fingerprint density at radius 1 is 1.35 bits per heavy atom. The van der Waals surface area contributed by atoms with Gasteiger partial charge in [-0.2, -0.15) is 0 Å². The van der Waals surface area contributed by atoms with E-state index < -0.39 is 0 Å². The maximum atomic E-state index is 12.2. The largest absolute Gasteiger partial charge is 0.352 e. The van der Waals surface area contributed by atoms with Crippen LogP contribution in [-0.4, -0.2) is 42.6 Å². The Hall–Kier alpha value is -1.20.